The lowest BCUT2D eigenvalue weighted by molar-refractivity contribution is -0.0818. The third-order valence-electron chi connectivity index (χ3n) is 25.7. The molecule has 16 bridgehead atoms. The first-order valence-corrected chi connectivity index (χ1v) is 33.3. The molecule has 0 aromatic heterocycles. The van der Waals surface area contributed by atoms with Crippen molar-refractivity contribution in [2.24, 2.45) is 116 Å². The monoisotopic (exact) mass is 955 g/mol. The molecule has 0 amide bonds. The van der Waals surface area contributed by atoms with Crippen molar-refractivity contribution >= 4 is 31.5 Å². The third kappa shape index (κ3) is 7.17. The van der Waals surface area contributed by atoms with Gasteiger partial charge in [0.05, 0.1) is 0 Å². The first kappa shape index (κ1) is 47.9. The Morgan fingerprint density at radius 2 is 0.515 bits per heavy atom. The topological polar surface area (TPSA) is 0 Å². The van der Waals surface area contributed by atoms with Crippen molar-refractivity contribution in [2.45, 2.75) is 243 Å². The van der Waals surface area contributed by atoms with E-state index in [0.717, 1.165) is 106 Å². The van der Waals surface area contributed by atoms with Gasteiger partial charge in [-0.25, -0.2) is 0 Å². The minimum atomic E-state index is -0.155. The third-order valence-corrected chi connectivity index (χ3v) is 34.1. The Morgan fingerprint density at radius 1 is 0.338 bits per heavy atom. The maximum Gasteiger partial charge on any atom is 0.116 e. The summed E-state index contributed by atoms with van der Waals surface area (Å²) in [5.41, 5.74) is 6.87. The van der Waals surface area contributed by atoms with Gasteiger partial charge in [-0.15, -0.1) is 0 Å². The molecule has 16 fully saturated rings. The summed E-state index contributed by atoms with van der Waals surface area (Å²) in [6, 6.07) is 11.4. The molecule has 1 aromatic rings. The van der Waals surface area contributed by atoms with Crippen molar-refractivity contribution in [2.75, 3.05) is 0 Å². The van der Waals surface area contributed by atoms with E-state index >= 15 is 0 Å². The lowest BCUT2D eigenvalue weighted by atomic mass is 9.46. The highest BCUT2D eigenvalue weighted by Gasteiger charge is 2.70. The SMILES string of the molecule is BC(c1ccc(C(B)P(C23CC4CC(C2)C(C(C)(C)C)C(C4)C3)C23CC4CC(C2)C(C(C)(C)C)C(C4)C3)cc1)P(C12CC3CC(C1)C(C(C)(C)C)C(C3)C2)C12CC3CC(C1)C(C(C)(C)C)C(C3)C2. The molecule has 68 heavy (non-hydrogen) atoms. The highest BCUT2D eigenvalue weighted by molar-refractivity contribution is 7.63. The van der Waals surface area contributed by atoms with Crippen LogP contribution in [0, 0.1) is 116 Å². The lowest BCUT2D eigenvalue weighted by Crippen LogP contribution is -2.62. The summed E-state index contributed by atoms with van der Waals surface area (Å²) in [7, 11) is 5.44. The predicted molar refractivity (Wildman–Crippen MR) is 300 cm³/mol. The average molecular weight is 955 g/mol. The minimum absolute atomic E-state index is 0.155. The van der Waals surface area contributed by atoms with Gasteiger partial charge in [0.25, 0.3) is 0 Å². The van der Waals surface area contributed by atoms with Gasteiger partial charge in [-0.1, -0.05) is 123 Å². The fraction of sp³-hybridized carbons (Fsp3) is 0.906. The lowest BCUT2D eigenvalue weighted by Gasteiger charge is -2.72. The van der Waals surface area contributed by atoms with Crippen LogP contribution in [0.15, 0.2) is 24.3 Å². The fourth-order valence-corrected chi connectivity index (χ4v) is 38.3. The van der Waals surface area contributed by atoms with Crippen molar-refractivity contribution in [1.82, 2.24) is 0 Å². The van der Waals surface area contributed by atoms with Crippen molar-refractivity contribution in [3.63, 3.8) is 0 Å². The van der Waals surface area contributed by atoms with Crippen LogP contribution in [-0.4, -0.2) is 36.3 Å². The van der Waals surface area contributed by atoms with Gasteiger partial charge in [0.1, 0.15) is 15.7 Å². The predicted octanol–water partition coefficient (Wildman–Crippen LogP) is 16.9. The second-order valence-electron chi connectivity index (χ2n) is 34.1. The summed E-state index contributed by atoms with van der Waals surface area (Å²) in [6.07, 6.45) is 31.8. The summed E-state index contributed by atoms with van der Waals surface area (Å²) >= 11 is 0. The van der Waals surface area contributed by atoms with Crippen LogP contribution in [0.4, 0.5) is 0 Å². The summed E-state index contributed by atoms with van der Waals surface area (Å²) in [4.78, 5) is 0. The smallest absolute Gasteiger partial charge is 0.0945 e. The Balaban J connectivity index is 0.869. The van der Waals surface area contributed by atoms with E-state index in [9.17, 15) is 0 Å². The van der Waals surface area contributed by atoms with E-state index in [0.29, 0.717) is 42.3 Å². The molecule has 0 aliphatic heterocycles. The maximum absolute atomic E-state index is 2.87. The van der Waals surface area contributed by atoms with Gasteiger partial charge >= 0.3 is 0 Å². The van der Waals surface area contributed by atoms with Crippen LogP contribution < -0.4 is 0 Å². The van der Waals surface area contributed by atoms with Crippen LogP contribution >= 0.6 is 15.8 Å². The Morgan fingerprint density at radius 3 is 0.676 bits per heavy atom. The standard InChI is InChI=1S/C64H102B2P2/c1-57(2,3)51-43-17-37-18-44(51)30-61(25-37,29-43)67(62-26-38-19-45(31-62)52(58(4,5)6)46(20-38)32-62)55(65)41-13-15-42(16-14-41)56(66)68(63-27-39-21-47(33-63)53(59(7,8)9)48(22-39)34-63)64-28-40-23-49(35-64)54(60(10,11)12)50(24-40)36-64/h13-16,37-40,43-56H,17-36,65-66H2,1-12H3. The summed E-state index contributed by atoms with van der Waals surface area (Å²) in [6.45, 7) is 31.6. The zero-order chi connectivity index (χ0) is 47.7. The summed E-state index contributed by atoms with van der Waals surface area (Å²) < 4.78 is 0. The molecule has 0 N–H and O–H groups in total. The van der Waals surface area contributed by atoms with E-state index in [1.807, 2.05) is 0 Å². The number of hydrogen-bond donors (Lipinski definition) is 0. The molecule has 0 saturated heterocycles. The van der Waals surface area contributed by atoms with Crippen molar-refractivity contribution in [1.29, 1.82) is 0 Å². The zero-order valence-corrected chi connectivity index (χ0v) is 48.5. The Bertz CT molecular complexity index is 1780. The van der Waals surface area contributed by atoms with Crippen molar-refractivity contribution in [3.05, 3.63) is 35.4 Å². The number of rotatable bonds is 8. The molecule has 16 aliphatic carbocycles. The zero-order valence-electron chi connectivity index (χ0n) is 46.7. The first-order chi connectivity index (χ1) is 31.8. The van der Waals surface area contributed by atoms with Gasteiger partial charge in [-0.2, -0.15) is 0 Å². The van der Waals surface area contributed by atoms with E-state index < -0.39 is 0 Å². The van der Waals surface area contributed by atoms with Crippen LogP contribution in [0.5, 0.6) is 0 Å². The van der Waals surface area contributed by atoms with Gasteiger partial charge in [0, 0.05) is 0 Å². The molecule has 10 unspecified atom stereocenters. The summed E-state index contributed by atoms with van der Waals surface area (Å²) in [5, 5.41) is 2.51. The van der Waals surface area contributed by atoms with E-state index in [-0.39, 0.29) is 15.8 Å². The molecule has 0 radical (unpaired) electrons. The van der Waals surface area contributed by atoms with Gasteiger partial charge < -0.3 is 0 Å². The highest BCUT2D eigenvalue weighted by Crippen LogP contribution is 2.86. The second-order valence-corrected chi connectivity index (χ2v) is 40.9. The molecule has 1 aromatic carbocycles. The van der Waals surface area contributed by atoms with Crippen LogP contribution in [0.2, 0.25) is 0 Å². The fourth-order valence-electron chi connectivity index (χ4n) is 26.8. The molecule has 0 spiro atoms. The molecule has 4 heteroatoms. The Labute approximate surface area is 424 Å². The Hall–Kier alpha value is 0.210. The van der Waals surface area contributed by atoms with Crippen LogP contribution in [-0.2, 0) is 0 Å². The summed E-state index contributed by atoms with van der Waals surface area (Å²) in [5.74, 6) is 15.8. The van der Waals surface area contributed by atoms with Crippen LogP contribution in [0.1, 0.15) is 234 Å². The quantitative estimate of drug-likeness (QED) is 0.180. The normalized spacial score (nSPS) is 51.4. The second kappa shape index (κ2) is 15.4. The highest BCUT2D eigenvalue weighted by atomic mass is 31.1. The first-order valence-electron chi connectivity index (χ1n) is 30.5. The van der Waals surface area contributed by atoms with Crippen LogP contribution in [0.3, 0.4) is 0 Å². The molecule has 374 valence electrons. The van der Waals surface area contributed by atoms with Gasteiger partial charge in [0.2, 0.25) is 0 Å². The van der Waals surface area contributed by atoms with Gasteiger partial charge in [-0.3, -0.25) is 0 Å². The van der Waals surface area contributed by atoms with E-state index in [1.54, 1.807) is 140 Å². The molecule has 16 saturated carbocycles. The molecule has 0 nitrogen and oxygen atoms in total. The molecular weight excluding hydrogens is 852 g/mol. The molecular formula is C64H102B2P2. The van der Waals surface area contributed by atoms with Crippen LogP contribution in [0.25, 0.3) is 0 Å². The van der Waals surface area contributed by atoms with Crippen molar-refractivity contribution < 1.29 is 0 Å². The number of benzene rings is 1. The van der Waals surface area contributed by atoms with E-state index in [2.05, 4.69) is 123 Å². The largest absolute Gasteiger partial charge is 0.116 e. The average Bonchev–Trinajstić information content (AvgIpc) is 3.17. The maximum atomic E-state index is 2.87. The Kier molecular flexibility index (Phi) is 10.9. The minimum Gasteiger partial charge on any atom is -0.0945 e. The molecule has 10 atom stereocenters. The molecule has 0 heterocycles. The molecule has 16 aliphatic rings. The van der Waals surface area contributed by atoms with Gasteiger partial charge in [0.15, 0.2) is 0 Å². The van der Waals surface area contributed by atoms with E-state index in [1.165, 1.54) is 0 Å². The number of hydrogen-bond acceptors (Lipinski definition) is 0. The van der Waals surface area contributed by atoms with Gasteiger partial charge in [-0.05, 0) is 288 Å². The molecule has 17 rings (SSSR count). The van der Waals surface area contributed by atoms with E-state index in [4.69, 9.17) is 0 Å². The van der Waals surface area contributed by atoms with Crippen molar-refractivity contribution in [3.8, 4) is 0 Å².